The van der Waals surface area contributed by atoms with Crippen LogP contribution in [0.1, 0.15) is 21.5 Å². The van der Waals surface area contributed by atoms with Crippen molar-refractivity contribution in [2.75, 3.05) is 5.73 Å². The summed E-state index contributed by atoms with van der Waals surface area (Å²) in [5.74, 6) is -0.321. The molecule has 0 aliphatic carbocycles. The number of hydrogen-bond acceptors (Lipinski definition) is 3. The predicted molar refractivity (Wildman–Crippen MR) is 85.7 cm³/mol. The molecule has 1 unspecified atom stereocenters. The van der Waals surface area contributed by atoms with Crippen LogP contribution in [0.5, 0.6) is 0 Å². The van der Waals surface area contributed by atoms with Crippen molar-refractivity contribution in [3.05, 3.63) is 58.1 Å². The molecular formula is C15H15ClN2O2S. The Morgan fingerprint density at radius 2 is 2.00 bits per heavy atom. The molecule has 1 amide bonds. The highest BCUT2D eigenvalue weighted by Gasteiger charge is 2.13. The van der Waals surface area contributed by atoms with Crippen molar-refractivity contribution in [1.29, 1.82) is 0 Å². The van der Waals surface area contributed by atoms with Crippen LogP contribution >= 0.6 is 11.6 Å². The van der Waals surface area contributed by atoms with Crippen LogP contribution < -0.4 is 11.5 Å². The van der Waals surface area contributed by atoms with Crippen LogP contribution in [-0.4, -0.2) is 10.1 Å². The Hall–Kier alpha value is -1.85. The summed E-state index contributed by atoms with van der Waals surface area (Å²) in [6.45, 7) is 1.87. The van der Waals surface area contributed by atoms with Gasteiger partial charge in [-0.1, -0.05) is 29.8 Å². The molecule has 4 N–H and O–H groups in total. The second kappa shape index (κ2) is 6.28. The van der Waals surface area contributed by atoms with E-state index in [9.17, 15) is 9.00 Å². The molecule has 2 aromatic carbocycles. The summed E-state index contributed by atoms with van der Waals surface area (Å²) in [5, 5.41) is 0.367. The van der Waals surface area contributed by atoms with Gasteiger partial charge in [0.25, 0.3) is 0 Å². The molecule has 0 aliphatic rings. The van der Waals surface area contributed by atoms with Gasteiger partial charge in [0.15, 0.2) is 0 Å². The fraction of sp³-hybridized carbons (Fsp3) is 0.133. The van der Waals surface area contributed by atoms with E-state index in [1.165, 1.54) is 6.07 Å². The molecule has 0 aromatic heterocycles. The van der Waals surface area contributed by atoms with Gasteiger partial charge in [-0.3, -0.25) is 9.00 Å². The monoisotopic (exact) mass is 322 g/mol. The molecule has 0 radical (unpaired) electrons. The summed E-state index contributed by atoms with van der Waals surface area (Å²) in [4.78, 5) is 11.7. The highest BCUT2D eigenvalue weighted by Crippen LogP contribution is 2.25. The van der Waals surface area contributed by atoms with E-state index in [-0.39, 0.29) is 5.75 Å². The van der Waals surface area contributed by atoms with Gasteiger partial charge in [-0.2, -0.15) is 0 Å². The van der Waals surface area contributed by atoms with Crippen molar-refractivity contribution in [3.8, 4) is 0 Å². The maximum Gasteiger partial charge on any atom is 0.248 e. The highest BCUT2D eigenvalue weighted by atomic mass is 35.5. The summed E-state index contributed by atoms with van der Waals surface area (Å²) in [6.07, 6.45) is 0. The third-order valence-electron chi connectivity index (χ3n) is 3.15. The van der Waals surface area contributed by atoms with Crippen LogP contribution in [0.2, 0.25) is 5.02 Å². The third kappa shape index (κ3) is 3.43. The molecule has 4 nitrogen and oxygen atoms in total. The van der Waals surface area contributed by atoms with Crippen molar-refractivity contribution in [3.63, 3.8) is 0 Å². The minimum atomic E-state index is -1.31. The molecule has 1 atom stereocenters. The minimum absolute atomic E-state index is 0.228. The summed E-state index contributed by atoms with van der Waals surface area (Å²) in [5.41, 5.74) is 13.6. The van der Waals surface area contributed by atoms with E-state index in [0.717, 1.165) is 5.56 Å². The number of hydrogen-bond donors (Lipinski definition) is 2. The van der Waals surface area contributed by atoms with Gasteiger partial charge in [0, 0.05) is 10.6 Å². The van der Waals surface area contributed by atoms with Crippen molar-refractivity contribution in [1.82, 2.24) is 0 Å². The number of carbonyl (C=O) groups excluding carboxylic acids is 1. The summed E-state index contributed by atoms with van der Waals surface area (Å²) in [6, 6.07) is 10.1. The fourth-order valence-corrected chi connectivity index (χ4v) is 3.54. The van der Waals surface area contributed by atoms with Crippen molar-refractivity contribution in [2.45, 2.75) is 17.6 Å². The lowest BCUT2D eigenvalue weighted by Crippen LogP contribution is -2.11. The van der Waals surface area contributed by atoms with Gasteiger partial charge in [0.1, 0.15) is 0 Å². The van der Waals surface area contributed by atoms with Crippen LogP contribution in [-0.2, 0) is 16.6 Å². The first-order valence-corrected chi connectivity index (χ1v) is 7.91. The number of benzene rings is 2. The molecule has 2 rings (SSSR count). The first-order chi connectivity index (χ1) is 9.90. The average Bonchev–Trinajstić information content (AvgIpc) is 2.43. The third-order valence-corrected chi connectivity index (χ3v) is 4.93. The van der Waals surface area contributed by atoms with Gasteiger partial charge >= 0.3 is 0 Å². The Kier molecular flexibility index (Phi) is 4.65. The Labute approximate surface area is 130 Å². The molecule has 0 fully saturated rings. The Bertz CT molecular complexity index is 732. The van der Waals surface area contributed by atoms with E-state index in [1.807, 2.05) is 19.1 Å². The zero-order chi connectivity index (χ0) is 15.6. The molecular weight excluding hydrogens is 308 g/mol. The maximum absolute atomic E-state index is 12.4. The quantitative estimate of drug-likeness (QED) is 0.848. The SMILES string of the molecule is Cc1cccc(S(=O)Cc2ccc(C(N)=O)cc2Cl)c1N. The van der Waals surface area contributed by atoms with E-state index in [4.69, 9.17) is 23.1 Å². The number of primary amides is 1. The van der Waals surface area contributed by atoms with Gasteiger partial charge < -0.3 is 11.5 Å². The van der Waals surface area contributed by atoms with Gasteiger partial charge in [0.05, 0.1) is 27.1 Å². The van der Waals surface area contributed by atoms with Crippen LogP contribution in [0, 0.1) is 6.92 Å². The van der Waals surface area contributed by atoms with E-state index in [0.29, 0.717) is 26.7 Å². The lowest BCUT2D eigenvalue weighted by Gasteiger charge is -2.09. The van der Waals surface area contributed by atoms with Gasteiger partial charge in [0.2, 0.25) is 5.91 Å². The first-order valence-electron chi connectivity index (χ1n) is 6.22. The average molecular weight is 323 g/mol. The van der Waals surface area contributed by atoms with Gasteiger partial charge in [-0.25, -0.2) is 0 Å². The molecule has 0 bridgehead atoms. The second-order valence-electron chi connectivity index (χ2n) is 4.65. The van der Waals surface area contributed by atoms with E-state index in [1.54, 1.807) is 18.2 Å². The molecule has 0 spiro atoms. The molecule has 0 heterocycles. The first kappa shape index (κ1) is 15.5. The van der Waals surface area contributed by atoms with Crippen molar-refractivity contribution in [2.24, 2.45) is 5.73 Å². The molecule has 0 aliphatic heterocycles. The van der Waals surface area contributed by atoms with Gasteiger partial charge in [-0.05, 0) is 36.2 Å². The Morgan fingerprint density at radius 3 is 2.62 bits per heavy atom. The Balaban J connectivity index is 2.28. The zero-order valence-corrected chi connectivity index (χ0v) is 13.0. The maximum atomic E-state index is 12.4. The largest absolute Gasteiger partial charge is 0.398 e. The predicted octanol–water partition coefficient (Wildman–Crippen LogP) is 2.64. The molecule has 6 heteroatoms. The smallest absolute Gasteiger partial charge is 0.248 e. The van der Waals surface area contributed by atoms with Crippen LogP contribution in [0.4, 0.5) is 5.69 Å². The standard InChI is InChI=1S/C15H15ClN2O2S/c1-9-3-2-4-13(14(9)17)21(20)8-11-6-5-10(15(18)19)7-12(11)16/h2-7H,8,17H2,1H3,(H2,18,19). The molecule has 110 valence electrons. The number of para-hydroxylation sites is 1. The summed E-state index contributed by atoms with van der Waals surface area (Å²) < 4.78 is 12.4. The molecule has 0 saturated carbocycles. The second-order valence-corrected chi connectivity index (χ2v) is 6.47. The van der Waals surface area contributed by atoms with E-state index in [2.05, 4.69) is 0 Å². The van der Waals surface area contributed by atoms with E-state index >= 15 is 0 Å². The number of rotatable bonds is 4. The Morgan fingerprint density at radius 1 is 1.29 bits per heavy atom. The lowest BCUT2D eigenvalue weighted by atomic mass is 10.1. The molecule has 2 aromatic rings. The van der Waals surface area contributed by atoms with Crippen LogP contribution in [0.3, 0.4) is 0 Å². The molecule has 21 heavy (non-hydrogen) atoms. The zero-order valence-electron chi connectivity index (χ0n) is 11.4. The number of carbonyl (C=O) groups is 1. The number of aryl methyl sites for hydroxylation is 1. The van der Waals surface area contributed by atoms with E-state index < -0.39 is 16.7 Å². The number of anilines is 1. The molecule has 0 saturated heterocycles. The number of nitrogens with two attached hydrogens (primary N) is 2. The normalized spacial score (nSPS) is 12.1. The summed E-state index contributed by atoms with van der Waals surface area (Å²) in [7, 11) is -1.31. The van der Waals surface area contributed by atoms with Crippen molar-refractivity contribution >= 4 is 34.0 Å². The van der Waals surface area contributed by atoms with Gasteiger partial charge in [-0.15, -0.1) is 0 Å². The highest BCUT2D eigenvalue weighted by molar-refractivity contribution is 7.84. The number of halogens is 1. The van der Waals surface area contributed by atoms with Crippen LogP contribution in [0.15, 0.2) is 41.3 Å². The number of nitrogen functional groups attached to an aromatic ring is 1. The lowest BCUT2D eigenvalue weighted by molar-refractivity contribution is 0.100. The summed E-state index contributed by atoms with van der Waals surface area (Å²) >= 11 is 6.10. The van der Waals surface area contributed by atoms with Crippen molar-refractivity contribution < 1.29 is 9.00 Å². The fourth-order valence-electron chi connectivity index (χ4n) is 1.89. The topological polar surface area (TPSA) is 86.2 Å². The number of amides is 1. The van der Waals surface area contributed by atoms with Crippen LogP contribution in [0.25, 0.3) is 0 Å². The minimum Gasteiger partial charge on any atom is -0.398 e.